The molecule has 0 saturated carbocycles. The van der Waals surface area contributed by atoms with Crippen molar-refractivity contribution in [1.82, 2.24) is 0 Å². The third kappa shape index (κ3) is 198. The van der Waals surface area contributed by atoms with Gasteiger partial charge < -0.3 is 133 Å². The van der Waals surface area contributed by atoms with Crippen molar-refractivity contribution >= 4 is 94.5 Å². The first-order chi connectivity index (χ1) is 0. The minimum absolute atomic E-state index is 0. The van der Waals surface area contributed by atoms with Gasteiger partial charge in [0.1, 0.15) is 0 Å². The predicted molar refractivity (Wildman–Crippen MR) is 56.4 cm³/mol. The monoisotopic (exact) mass is 1260 g/mol. The minimum atomic E-state index is 0. The van der Waals surface area contributed by atoms with E-state index in [9.17, 15) is 0 Å². The van der Waals surface area contributed by atoms with E-state index in [1.807, 2.05) is 0 Å². The Balaban J connectivity index is 0. The van der Waals surface area contributed by atoms with Crippen LogP contribution >= 0.6 is 0 Å². The second-order valence-corrected chi connectivity index (χ2v) is 0. The summed E-state index contributed by atoms with van der Waals surface area (Å²) in [6, 6.07) is 0. The third-order valence-electron chi connectivity index (χ3n) is 0. The van der Waals surface area contributed by atoms with Crippen molar-refractivity contribution in [2.45, 2.75) is 0 Å². The van der Waals surface area contributed by atoms with Gasteiger partial charge in [-0.05, 0) is 0 Å². The topological polar surface area (TPSA) is 200 Å². The summed E-state index contributed by atoms with van der Waals surface area (Å²) in [5.41, 5.74) is 0. The summed E-state index contributed by atoms with van der Waals surface area (Å²) in [5.74, 6) is 0. The van der Waals surface area contributed by atoms with Crippen LogP contribution in [0.2, 0.25) is 0 Å². The summed E-state index contributed by atoms with van der Waals surface area (Å²) in [6.45, 7) is 0. The molecule has 0 heterocycles. The van der Waals surface area contributed by atoms with Crippen molar-refractivity contribution in [3.8, 4) is 0 Å². The van der Waals surface area contributed by atoms with E-state index in [0.717, 1.165) is 0 Å². The van der Waals surface area contributed by atoms with Crippen molar-refractivity contribution < 1.29 is 398 Å². The van der Waals surface area contributed by atoms with E-state index in [0.29, 0.717) is 0 Å². The first kappa shape index (κ1) is 237. The molecule has 0 radical (unpaired) electrons. The maximum absolute atomic E-state index is 0. The van der Waals surface area contributed by atoms with Crippen LogP contribution in [0, 0.1) is 0 Å². The van der Waals surface area contributed by atoms with Crippen molar-refractivity contribution in [2.24, 2.45) is 0 Å². The normalized spacial score (nSPS) is 0. The Morgan fingerprint density at radius 1 is 0.182 bits per heavy atom. The molecule has 136 valence electrons. The number of hydrogen-bond acceptors (Lipinski definition) is 0. The van der Waals surface area contributed by atoms with Gasteiger partial charge >= 0.3 is 276 Å². The molecule has 0 unspecified atom stereocenters. The molecule has 0 bridgehead atoms. The van der Waals surface area contributed by atoms with Crippen LogP contribution in [0.1, 0.15) is 0 Å². The first-order valence-electron chi connectivity index (χ1n) is 0. The van der Waals surface area contributed by atoms with Crippen LogP contribution in [0.25, 0.3) is 0 Å². The van der Waals surface area contributed by atoms with Crippen molar-refractivity contribution in [3.05, 3.63) is 0 Å². The van der Waals surface area contributed by atoms with Gasteiger partial charge in [-0.1, -0.05) is 0 Å². The van der Waals surface area contributed by atoms with Crippen molar-refractivity contribution in [3.63, 3.8) is 0 Å². The zero-order chi connectivity index (χ0) is 0. The molecule has 0 aromatic carbocycles. The van der Waals surface area contributed by atoms with Gasteiger partial charge in [0, 0.05) is 84.3 Å². The van der Waals surface area contributed by atoms with Gasteiger partial charge in [0.15, 0.2) is 0 Å². The van der Waals surface area contributed by atoms with Crippen molar-refractivity contribution in [1.29, 1.82) is 0 Å². The molecule has 22 heavy (non-hydrogen) atoms. The quantitative estimate of drug-likeness (QED) is 0.208. The predicted octanol–water partition coefficient (Wildman–Crippen LogP) is -12.8. The van der Waals surface area contributed by atoms with Gasteiger partial charge in [0.25, 0.3) is 0 Å². The molecule has 0 spiro atoms. The van der Waals surface area contributed by atoms with Crippen LogP contribution in [0.5, 0.6) is 0 Å². The molecule has 22 heteroatoms. The molecular formula is Cs4Mo4O7S7-24. The van der Waals surface area contributed by atoms with Gasteiger partial charge in [-0.3, -0.25) is 0 Å². The summed E-state index contributed by atoms with van der Waals surface area (Å²) >= 11 is 0. The second-order valence-electron chi connectivity index (χ2n) is 0. The zero-order valence-corrected chi connectivity index (χ0v) is 50.2. The first-order valence-corrected chi connectivity index (χ1v) is 0. The molecule has 0 N–H and O–H groups in total. The molecule has 0 aromatic rings. The minimum Gasteiger partial charge on any atom is -2.00 e. The van der Waals surface area contributed by atoms with E-state index in [-0.39, 0.29) is 493 Å². The van der Waals surface area contributed by atoms with Crippen LogP contribution < -0.4 is 276 Å². The van der Waals surface area contributed by atoms with Gasteiger partial charge in [-0.15, -0.1) is 0 Å². The molecule has 0 aromatic heterocycles. The Kier molecular flexibility index (Phi) is 2340. The molecule has 0 aliphatic rings. The Morgan fingerprint density at radius 2 is 0.182 bits per heavy atom. The summed E-state index contributed by atoms with van der Waals surface area (Å²) in [6.07, 6.45) is 0. The van der Waals surface area contributed by atoms with Gasteiger partial charge in [0.05, 0.1) is 0 Å². The smallest absolute Gasteiger partial charge is 1.00 e. The van der Waals surface area contributed by atoms with E-state index in [1.165, 1.54) is 0 Å². The van der Waals surface area contributed by atoms with E-state index in [4.69, 9.17) is 0 Å². The standard InChI is InChI=1S/4Cs.4Mo.7O.7S/q4*+1;;;;;14*-2. The molecule has 0 aliphatic heterocycles. The molecule has 0 aliphatic carbocycles. The summed E-state index contributed by atoms with van der Waals surface area (Å²) in [7, 11) is 0. The molecule has 0 rings (SSSR count). The largest absolute Gasteiger partial charge is 2.00 e. The fraction of sp³-hybridized carbons (Fsp3) is 0. The number of rotatable bonds is 0. The molecular weight excluding hydrogens is 1250 g/mol. The average molecular weight is 1250 g/mol. The van der Waals surface area contributed by atoms with Crippen LogP contribution in [0.3, 0.4) is 0 Å². The Bertz CT molecular complexity index is 42.8. The summed E-state index contributed by atoms with van der Waals surface area (Å²) < 4.78 is 0. The second kappa shape index (κ2) is 217. The van der Waals surface area contributed by atoms with E-state index in [2.05, 4.69) is 0 Å². The Hall–Kier alpha value is 13.1. The van der Waals surface area contributed by atoms with E-state index >= 15 is 0 Å². The van der Waals surface area contributed by atoms with Crippen LogP contribution in [0.4, 0.5) is 0 Å². The third-order valence-corrected chi connectivity index (χ3v) is 0. The van der Waals surface area contributed by atoms with E-state index < -0.39 is 0 Å². The molecule has 0 atom stereocenters. The van der Waals surface area contributed by atoms with E-state index in [1.54, 1.807) is 0 Å². The summed E-state index contributed by atoms with van der Waals surface area (Å²) in [5, 5.41) is 0. The molecule has 0 fully saturated rings. The fourth-order valence-electron chi connectivity index (χ4n) is 0. The Morgan fingerprint density at radius 3 is 0.182 bits per heavy atom. The zero-order valence-electron chi connectivity index (χ0n) is 11.3. The van der Waals surface area contributed by atoms with Crippen molar-refractivity contribution in [2.75, 3.05) is 0 Å². The molecule has 0 amide bonds. The van der Waals surface area contributed by atoms with Crippen LogP contribution in [-0.2, 0) is 217 Å². The number of hydrogen-bond donors (Lipinski definition) is 0. The molecule has 7 nitrogen and oxygen atoms in total. The van der Waals surface area contributed by atoms with Gasteiger partial charge in [-0.25, -0.2) is 0 Å². The van der Waals surface area contributed by atoms with Gasteiger partial charge in [-0.2, -0.15) is 0 Å². The SMILES string of the molecule is [Cs+].[Cs+].[Cs+].[Cs+].[Mo].[Mo].[Mo].[Mo].[O-2].[O-2].[O-2].[O-2].[O-2].[O-2].[O-2].[S-2].[S-2].[S-2].[S-2].[S-2].[S-2].[S-2]. The summed E-state index contributed by atoms with van der Waals surface area (Å²) in [4.78, 5) is 0. The van der Waals surface area contributed by atoms with Gasteiger partial charge in [0.2, 0.25) is 0 Å². The average Bonchev–Trinajstić information content (AvgIpc) is 0. The van der Waals surface area contributed by atoms with Crippen LogP contribution in [0.15, 0.2) is 0 Å². The van der Waals surface area contributed by atoms with Crippen LogP contribution in [-0.4, -0.2) is 0 Å². The fourth-order valence-corrected chi connectivity index (χ4v) is 0. The maximum Gasteiger partial charge on any atom is 1.00 e. The Labute approximate surface area is 475 Å². The molecule has 0 saturated heterocycles. The maximum atomic E-state index is 0.